The first-order valence-corrected chi connectivity index (χ1v) is 11.4. The summed E-state index contributed by atoms with van der Waals surface area (Å²) in [6.45, 7) is 7.64. The molecule has 0 saturated carbocycles. The van der Waals surface area contributed by atoms with Crippen LogP contribution in [0.1, 0.15) is 28.8 Å². The molecule has 0 N–H and O–H groups in total. The van der Waals surface area contributed by atoms with Gasteiger partial charge < -0.3 is 4.90 Å². The lowest BCUT2D eigenvalue weighted by atomic mass is 9.97. The van der Waals surface area contributed by atoms with E-state index in [1.54, 1.807) is 17.7 Å². The minimum Gasteiger partial charge on any atom is -0.354 e. The Morgan fingerprint density at radius 1 is 1.07 bits per heavy atom. The van der Waals surface area contributed by atoms with Gasteiger partial charge in [-0.15, -0.1) is 11.3 Å². The van der Waals surface area contributed by atoms with Gasteiger partial charge in [-0.25, -0.2) is 9.97 Å². The Balaban J connectivity index is 1.25. The van der Waals surface area contributed by atoms with Crippen LogP contribution in [0.2, 0.25) is 0 Å². The Morgan fingerprint density at radius 3 is 2.72 bits per heavy atom. The maximum absolute atomic E-state index is 13.1. The third-order valence-corrected chi connectivity index (χ3v) is 7.45. The molecular weight excluding hydrogens is 382 g/mol. The average Bonchev–Trinajstić information content (AvgIpc) is 3.13. The van der Waals surface area contributed by atoms with Gasteiger partial charge in [0.25, 0.3) is 5.56 Å². The van der Waals surface area contributed by atoms with Crippen LogP contribution in [0.15, 0.2) is 29.5 Å². The number of aromatic nitrogens is 3. The van der Waals surface area contributed by atoms with Gasteiger partial charge in [-0.1, -0.05) is 6.07 Å². The molecule has 4 heterocycles. The highest BCUT2D eigenvalue weighted by Crippen LogP contribution is 2.33. The number of nitrogens with zero attached hydrogens (tertiary/aromatic N) is 5. The molecule has 1 aliphatic heterocycles. The zero-order valence-electron chi connectivity index (χ0n) is 16.9. The van der Waals surface area contributed by atoms with Gasteiger partial charge in [-0.05, 0) is 49.8 Å². The molecule has 5 rings (SSSR count). The average molecular weight is 410 g/mol. The summed E-state index contributed by atoms with van der Waals surface area (Å²) in [5.74, 6) is 1.10. The van der Waals surface area contributed by atoms with E-state index >= 15 is 0 Å². The molecule has 1 saturated heterocycles. The van der Waals surface area contributed by atoms with E-state index < -0.39 is 0 Å². The zero-order chi connectivity index (χ0) is 19.8. The third kappa shape index (κ3) is 3.57. The van der Waals surface area contributed by atoms with Crippen molar-refractivity contribution in [1.29, 1.82) is 0 Å². The van der Waals surface area contributed by atoms with Crippen molar-refractivity contribution in [3.05, 3.63) is 51.0 Å². The summed E-state index contributed by atoms with van der Waals surface area (Å²) < 4.78 is 1.82. The van der Waals surface area contributed by atoms with Gasteiger partial charge in [-0.3, -0.25) is 14.3 Å². The van der Waals surface area contributed by atoms with Gasteiger partial charge in [0, 0.05) is 50.3 Å². The number of piperazine rings is 1. The number of fused-ring (bicyclic) bond motifs is 3. The highest BCUT2D eigenvalue weighted by molar-refractivity contribution is 7.18. The number of aryl methyl sites for hydroxylation is 3. The molecule has 0 bridgehead atoms. The monoisotopic (exact) mass is 409 g/mol. The van der Waals surface area contributed by atoms with Crippen molar-refractivity contribution < 1.29 is 0 Å². The van der Waals surface area contributed by atoms with Gasteiger partial charge in [0.15, 0.2) is 0 Å². The van der Waals surface area contributed by atoms with E-state index in [-0.39, 0.29) is 5.56 Å². The van der Waals surface area contributed by atoms with Gasteiger partial charge in [0.1, 0.15) is 10.6 Å². The zero-order valence-corrected chi connectivity index (χ0v) is 17.7. The smallest absolute Gasteiger partial charge is 0.262 e. The second kappa shape index (κ2) is 7.88. The van der Waals surface area contributed by atoms with Crippen molar-refractivity contribution >= 4 is 27.4 Å². The molecule has 3 aromatic heterocycles. The summed E-state index contributed by atoms with van der Waals surface area (Å²) in [4.78, 5) is 29.4. The van der Waals surface area contributed by atoms with E-state index in [1.165, 1.54) is 28.8 Å². The second-order valence-corrected chi connectivity index (χ2v) is 9.19. The lowest BCUT2D eigenvalue weighted by Crippen LogP contribution is -2.48. The van der Waals surface area contributed by atoms with E-state index in [0.29, 0.717) is 6.54 Å². The van der Waals surface area contributed by atoms with Gasteiger partial charge in [0.2, 0.25) is 0 Å². The molecule has 152 valence electrons. The van der Waals surface area contributed by atoms with Gasteiger partial charge in [-0.2, -0.15) is 0 Å². The largest absolute Gasteiger partial charge is 0.354 e. The van der Waals surface area contributed by atoms with Crippen molar-refractivity contribution in [2.24, 2.45) is 0 Å². The number of pyridine rings is 1. The Kier molecular flexibility index (Phi) is 5.09. The highest BCUT2D eigenvalue weighted by Gasteiger charge is 2.21. The van der Waals surface area contributed by atoms with Crippen LogP contribution in [0.3, 0.4) is 0 Å². The van der Waals surface area contributed by atoms with Crippen LogP contribution >= 0.6 is 11.3 Å². The number of rotatable bonds is 4. The van der Waals surface area contributed by atoms with Crippen molar-refractivity contribution in [3.8, 4) is 0 Å². The van der Waals surface area contributed by atoms with Crippen LogP contribution in [-0.4, -0.2) is 52.2 Å². The number of hydrogen-bond acceptors (Lipinski definition) is 6. The number of thiophene rings is 1. The Hall–Kier alpha value is -2.25. The molecule has 0 aromatic carbocycles. The lowest BCUT2D eigenvalue weighted by Gasteiger charge is -2.36. The van der Waals surface area contributed by atoms with Crippen LogP contribution in [-0.2, 0) is 19.4 Å². The predicted molar refractivity (Wildman–Crippen MR) is 118 cm³/mol. The molecule has 0 spiro atoms. The molecule has 7 heteroatoms. The van der Waals surface area contributed by atoms with Crippen LogP contribution in [0.4, 0.5) is 5.82 Å². The third-order valence-electron chi connectivity index (χ3n) is 6.25. The summed E-state index contributed by atoms with van der Waals surface area (Å²) in [5, 5.41) is 0.891. The van der Waals surface area contributed by atoms with Crippen LogP contribution < -0.4 is 10.5 Å². The molecule has 0 unspecified atom stereocenters. The topological polar surface area (TPSA) is 54.3 Å². The van der Waals surface area contributed by atoms with E-state index in [4.69, 9.17) is 0 Å². The lowest BCUT2D eigenvalue weighted by molar-refractivity contribution is 0.246. The number of hydrogen-bond donors (Lipinski definition) is 0. The summed E-state index contributed by atoms with van der Waals surface area (Å²) in [6.07, 6.45) is 8.18. The maximum atomic E-state index is 13.1. The molecule has 0 amide bonds. The van der Waals surface area contributed by atoms with Crippen LogP contribution in [0, 0.1) is 6.92 Å². The van der Waals surface area contributed by atoms with E-state index in [9.17, 15) is 4.79 Å². The normalized spacial score (nSPS) is 17.6. The van der Waals surface area contributed by atoms with Crippen LogP contribution in [0.25, 0.3) is 10.2 Å². The molecule has 3 aromatic rings. The minimum atomic E-state index is 0.150. The molecule has 6 nitrogen and oxygen atoms in total. The van der Waals surface area contributed by atoms with Crippen LogP contribution in [0.5, 0.6) is 0 Å². The van der Waals surface area contributed by atoms with Gasteiger partial charge in [0.05, 0.1) is 11.7 Å². The minimum absolute atomic E-state index is 0.150. The molecule has 0 atom stereocenters. The van der Waals surface area contributed by atoms with E-state index in [2.05, 4.69) is 32.8 Å². The summed E-state index contributed by atoms with van der Waals surface area (Å²) in [7, 11) is 0. The van der Waals surface area contributed by atoms with Crippen molar-refractivity contribution in [3.63, 3.8) is 0 Å². The van der Waals surface area contributed by atoms with E-state index in [1.807, 2.05) is 16.8 Å². The summed E-state index contributed by atoms with van der Waals surface area (Å²) >= 11 is 1.72. The first-order chi connectivity index (χ1) is 14.2. The summed E-state index contributed by atoms with van der Waals surface area (Å²) in [5.41, 5.74) is 2.66. The predicted octanol–water partition coefficient (Wildman–Crippen LogP) is 2.86. The molecule has 2 aliphatic rings. The molecule has 0 radical (unpaired) electrons. The molecule has 1 aliphatic carbocycles. The highest BCUT2D eigenvalue weighted by atomic mass is 32.1. The fourth-order valence-electron chi connectivity index (χ4n) is 4.58. The molecule has 29 heavy (non-hydrogen) atoms. The SMILES string of the molecule is Cc1cccnc1N1CCN(CCn2cnc3sc4c(c3c2=O)CCCC4)CC1. The quantitative estimate of drug-likeness (QED) is 0.663. The Morgan fingerprint density at radius 2 is 1.90 bits per heavy atom. The first kappa shape index (κ1) is 18.8. The standard InChI is InChI=1S/C22H27N5OS/c1-16-5-4-8-23-20(16)26-12-9-25(10-13-26)11-14-27-15-24-21-19(22(27)28)17-6-2-3-7-18(17)29-21/h4-5,8,15H,2-3,6-7,9-14H2,1H3. The van der Waals surface area contributed by atoms with Crippen molar-refractivity contribution in [2.75, 3.05) is 37.6 Å². The number of anilines is 1. The Labute approximate surface area is 174 Å². The van der Waals surface area contributed by atoms with Crippen molar-refractivity contribution in [2.45, 2.75) is 39.2 Å². The molecule has 1 fully saturated rings. The fourth-order valence-corrected chi connectivity index (χ4v) is 5.80. The van der Waals surface area contributed by atoms with E-state index in [0.717, 1.165) is 61.6 Å². The van der Waals surface area contributed by atoms with Gasteiger partial charge >= 0.3 is 0 Å². The fraction of sp³-hybridized carbons (Fsp3) is 0.500. The van der Waals surface area contributed by atoms with Crippen molar-refractivity contribution in [1.82, 2.24) is 19.4 Å². The summed E-state index contributed by atoms with van der Waals surface area (Å²) in [6, 6.07) is 4.11. The second-order valence-electron chi connectivity index (χ2n) is 8.11. The molecular formula is C22H27N5OS. The first-order valence-electron chi connectivity index (χ1n) is 10.6. The Bertz CT molecular complexity index is 1080. The maximum Gasteiger partial charge on any atom is 0.262 e.